The predicted molar refractivity (Wildman–Crippen MR) is 75.5 cm³/mol. The van der Waals surface area contributed by atoms with E-state index < -0.39 is 0 Å². The zero-order valence-corrected chi connectivity index (χ0v) is 12.2. The lowest BCUT2D eigenvalue weighted by molar-refractivity contribution is -0.136. The third kappa shape index (κ3) is 3.42. The number of hydrogen-bond acceptors (Lipinski definition) is 4. The first-order chi connectivity index (χ1) is 9.55. The molecule has 6 heteroatoms. The Morgan fingerprint density at radius 1 is 1.45 bits per heavy atom. The maximum absolute atomic E-state index is 12.3. The van der Waals surface area contributed by atoms with E-state index in [0.717, 1.165) is 38.7 Å². The number of rotatable bonds is 3. The third-order valence-corrected chi connectivity index (χ3v) is 4.62. The lowest BCUT2D eigenvalue weighted by Crippen LogP contribution is -2.48. The summed E-state index contributed by atoms with van der Waals surface area (Å²) >= 11 is 0. The molecule has 2 heterocycles. The minimum Gasteiger partial charge on any atom is -0.409 e. The lowest BCUT2D eigenvalue weighted by atomic mass is 9.79. The van der Waals surface area contributed by atoms with Gasteiger partial charge in [-0.25, -0.2) is 0 Å². The highest BCUT2D eigenvalue weighted by atomic mass is 16.5. The van der Waals surface area contributed by atoms with E-state index in [-0.39, 0.29) is 23.3 Å². The van der Waals surface area contributed by atoms with Crippen molar-refractivity contribution in [2.45, 2.75) is 51.6 Å². The van der Waals surface area contributed by atoms with Crippen LogP contribution in [0, 0.1) is 5.41 Å². The monoisotopic (exact) mass is 283 g/mol. The summed E-state index contributed by atoms with van der Waals surface area (Å²) in [6, 6.07) is 0. The van der Waals surface area contributed by atoms with Crippen molar-refractivity contribution in [1.82, 2.24) is 4.90 Å². The Balaban J connectivity index is 1.82. The number of nitrogens with two attached hydrogens (primary N) is 1. The van der Waals surface area contributed by atoms with Crippen LogP contribution in [-0.2, 0) is 9.53 Å². The second-order valence-electron chi connectivity index (χ2n) is 6.12. The Morgan fingerprint density at radius 3 is 2.70 bits per heavy atom. The molecule has 0 aromatic rings. The molecule has 2 fully saturated rings. The van der Waals surface area contributed by atoms with Crippen LogP contribution >= 0.6 is 0 Å². The van der Waals surface area contributed by atoms with Crippen molar-refractivity contribution < 1.29 is 14.7 Å². The van der Waals surface area contributed by atoms with E-state index >= 15 is 0 Å². The van der Waals surface area contributed by atoms with Crippen molar-refractivity contribution in [3.05, 3.63) is 0 Å². The van der Waals surface area contributed by atoms with Crippen LogP contribution < -0.4 is 5.73 Å². The van der Waals surface area contributed by atoms with Crippen LogP contribution in [0.15, 0.2) is 5.16 Å². The zero-order valence-electron chi connectivity index (χ0n) is 12.2. The molecule has 0 aromatic carbocycles. The Bertz CT molecular complexity index is 370. The zero-order chi connectivity index (χ0) is 14.6. The summed E-state index contributed by atoms with van der Waals surface area (Å²) in [7, 11) is 0. The van der Waals surface area contributed by atoms with Gasteiger partial charge < -0.3 is 20.6 Å². The number of ether oxygens (including phenoxy) is 1. The van der Waals surface area contributed by atoms with E-state index in [1.54, 1.807) is 0 Å². The summed E-state index contributed by atoms with van der Waals surface area (Å²) in [6.45, 7) is 4.09. The predicted octanol–water partition coefficient (Wildman–Crippen LogP) is 1.32. The standard InChI is InChI=1S/C14H25N3O3/c1-14(13(15)16-19)5-7-17(8-6-14)12(18)10-11-4-2-3-9-20-11/h11,19H,2-10H2,1H3,(H2,15,16). The maximum Gasteiger partial charge on any atom is 0.225 e. The summed E-state index contributed by atoms with van der Waals surface area (Å²) in [6.07, 6.45) is 5.29. The molecule has 2 aliphatic rings. The van der Waals surface area contributed by atoms with Gasteiger partial charge >= 0.3 is 0 Å². The fraction of sp³-hybridized carbons (Fsp3) is 0.857. The Kier molecular flexibility index (Phi) is 4.86. The molecule has 6 nitrogen and oxygen atoms in total. The molecule has 0 aromatic heterocycles. The molecule has 0 saturated carbocycles. The maximum atomic E-state index is 12.3. The smallest absolute Gasteiger partial charge is 0.225 e. The average Bonchev–Trinajstić information content (AvgIpc) is 2.48. The number of carbonyl (C=O) groups excluding carboxylic acids is 1. The molecule has 20 heavy (non-hydrogen) atoms. The van der Waals surface area contributed by atoms with Crippen molar-refractivity contribution in [3.63, 3.8) is 0 Å². The highest BCUT2D eigenvalue weighted by Crippen LogP contribution is 2.31. The molecule has 3 N–H and O–H groups in total. The first kappa shape index (κ1) is 15.1. The van der Waals surface area contributed by atoms with Gasteiger partial charge in [-0.15, -0.1) is 0 Å². The third-order valence-electron chi connectivity index (χ3n) is 4.62. The number of carbonyl (C=O) groups is 1. The van der Waals surface area contributed by atoms with Crippen LogP contribution in [-0.4, -0.2) is 47.7 Å². The van der Waals surface area contributed by atoms with Gasteiger partial charge in [0.1, 0.15) is 5.84 Å². The molecule has 114 valence electrons. The molecular weight excluding hydrogens is 258 g/mol. The minimum atomic E-state index is -0.299. The molecule has 0 bridgehead atoms. The number of amides is 1. The van der Waals surface area contributed by atoms with Crippen molar-refractivity contribution >= 4 is 11.7 Å². The van der Waals surface area contributed by atoms with Crippen LogP contribution in [0.3, 0.4) is 0 Å². The Hall–Kier alpha value is -1.30. The molecule has 0 radical (unpaired) electrons. The van der Waals surface area contributed by atoms with Crippen LogP contribution in [0.25, 0.3) is 0 Å². The van der Waals surface area contributed by atoms with Crippen molar-refractivity contribution in [2.75, 3.05) is 19.7 Å². The summed E-state index contributed by atoms with van der Waals surface area (Å²) in [5, 5.41) is 11.9. The Morgan fingerprint density at radius 2 is 2.15 bits per heavy atom. The number of piperidine rings is 1. The van der Waals surface area contributed by atoms with Crippen LogP contribution in [0.1, 0.15) is 45.4 Å². The molecular formula is C14H25N3O3. The van der Waals surface area contributed by atoms with Crippen molar-refractivity contribution in [3.8, 4) is 0 Å². The van der Waals surface area contributed by atoms with Gasteiger partial charge in [-0.1, -0.05) is 12.1 Å². The number of oxime groups is 1. The lowest BCUT2D eigenvalue weighted by Gasteiger charge is -2.39. The molecule has 1 atom stereocenters. The molecule has 2 saturated heterocycles. The number of hydrogen-bond donors (Lipinski definition) is 2. The highest BCUT2D eigenvalue weighted by molar-refractivity contribution is 5.86. The van der Waals surface area contributed by atoms with E-state index in [4.69, 9.17) is 15.7 Å². The number of likely N-dealkylation sites (tertiary alicyclic amines) is 1. The largest absolute Gasteiger partial charge is 0.409 e. The van der Waals surface area contributed by atoms with E-state index in [1.165, 1.54) is 0 Å². The van der Waals surface area contributed by atoms with Gasteiger partial charge in [0.05, 0.1) is 12.5 Å². The quantitative estimate of drug-likeness (QED) is 0.354. The summed E-state index contributed by atoms with van der Waals surface area (Å²) in [5.74, 6) is 0.429. The second kappa shape index (κ2) is 6.43. The SMILES string of the molecule is CC1(C(N)=NO)CCN(C(=O)CC2CCCCO2)CC1. The van der Waals surface area contributed by atoms with Gasteiger partial charge in [0.2, 0.25) is 5.91 Å². The number of nitrogens with zero attached hydrogens (tertiary/aromatic N) is 2. The summed E-state index contributed by atoms with van der Waals surface area (Å²) in [4.78, 5) is 14.1. The first-order valence-electron chi connectivity index (χ1n) is 7.42. The normalized spacial score (nSPS) is 27.4. The van der Waals surface area contributed by atoms with Crippen LogP contribution in [0.5, 0.6) is 0 Å². The minimum absolute atomic E-state index is 0.0913. The van der Waals surface area contributed by atoms with Gasteiger partial charge in [0.25, 0.3) is 0 Å². The van der Waals surface area contributed by atoms with Gasteiger partial charge in [-0.05, 0) is 32.1 Å². The molecule has 1 amide bonds. The van der Waals surface area contributed by atoms with Crippen LogP contribution in [0.2, 0.25) is 0 Å². The van der Waals surface area contributed by atoms with E-state index in [1.807, 2.05) is 11.8 Å². The fourth-order valence-electron chi connectivity index (χ4n) is 2.92. The van der Waals surface area contributed by atoms with Crippen molar-refractivity contribution in [1.29, 1.82) is 0 Å². The summed E-state index contributed by atoms with van der Waals surface area (Å²) in [5.41, 5.74) is 5.43. The van der Waals surface area contributed by atoms with Crippen LogP contribution in [0.4, 0.5) is 0 Å². The first-order valence-corrected chi connectivity index (χ1v) is 7.42. The topological polar surface area (TPSA) is 88.2 Å². The van der Waals surface area contributed by atoms with E-state index in [0.29, 0.717) is 19.5 Å². The van der Waals surface area contributed by atoms with E-state index in [9.17, 15) is 4.79 Å². The van der Waals surface area contributed by atoms with Crippen molar-refractivity contribution in [2.24, 2.45) is 16.3 Å². The second-order valence-corrected chi connectivity index (χ2v) is 6.12. The van der Waals surface area contributed by atoms with Gasteiger partial charge in [0.15, 0.2) is 0 Å². The Labute approximate surface area is 119 Å². The fourth-order valence-corrected chi connectivity index (χ4v) is 2.92. The average molecular weight is 283 g/mol. The molecule has 2 aliphatic heterocycles. The van der Waals surface area contributed by atoms with Gasteiger partial charge in [-0.2, -0.15) is 0 Å². The molecule has 1 unspecified atom stereocenters. The number of amidine groups is 1. The molecule has 0 aliphatic carbocycles. The highest BCUT2D eigenvalue weighted by Gasteiger charge is 2.36. The van der Waals surface area contributed by atoms with E-state index in [2.05, 4.69) is 5.16 Å². The summed E-state index contributed by atoms with van der Waals surface area (Å²) < 4.78 is 5.62. The molecule has 0 spiro atoms. The van der Waals surface area contributed by atoms with Gasteiger partial charge in [0, 0.05) is 25.1 Å². The van der Waals surface area contributed by atoms with Gasteiger partial charge in [-0.3, -0.25) is 4.79 Å². The molecule has 2 rings (SSSR count).